The highest BCUT2D eigenvalue weighted by Crippen LogP contribution is 2.22. The highest BCUT2D eigenvalue weighted by atomic mass is 16.5. The van der Waals surface area contributed by atoms with Gasteiger partial charge in [-0.3, -0.25) is 4.79 Å². The summed E-state index contributed by atoms with van der Waals surface area (Å²) in [6.07, 6.45) is -0.629. The van der Waals surface area contributed by atoms with Gasteiger partial charge in [0, 0.05) is 6.92 Å². The molecule has 0 saturated heterocycles. The number of hydrogen-bond acceptors (Lipinski definition) is 5. The molecular formula is C19H19N3O3. The van der Waals surface area contributed by atoms with E-state index in [1.165, 1.54) is 0 Å². The van der Waals surface area contributed by atoms with Gasteiger partial charge in [0.15, 0.2) is 11.9 Å². The Morgan fingerprint density at radius 2 is 1.80 bits per heavy atom. The average Bonchev–Trinajstić information content (AvgIpc) is 3.06. The van der Waals surface area contributed by atoms with Gasteiger partial charge in [-0.15, -0.1) is 0 Å². The fourth-order valence-electron chi connectivity index (χ4n) is 2.34. The Morgan fingerprint density at radius 1 is 1.12 bits per heavy atom. The lowest BCUT2D eigenvalue weighted by Crippen LogP contribution is -2.36. The van der Waals surface area contributed by atoms with Gasteiger partial charge in [0.1, 0.15) is 5.75 Å². The monoisotopic (exact) mass is 337 g/mol. The van der Waals surface area contributed by atoms with Crippen molar-refractivity contribution < 1.29 is 14.1 Å². The largest absolute Gasteiger partial charge is 0.481 e. The topological polar surface area (TPSA) is 77.2 Å². The molecule has 2 aromatic carbocycles. The molecule has 0 fully saturated rings. The third-order valence-corrected chi connectivity index (χ3v) is 3.63. The number of aromatic nitrogens is 2. The summed E-state index contributed by atoms with van der Waals surface area (Å²) in [6, 6.07) is 17.7. The number of ether oxygens (including phenoxy) is 1. The van der Waals surface area contributed by atoms with Crippen molar-refractivity contribution in [3.05, 3.63) is 66.3 Å². The molecule has 6 nitrogen and oxygen atoms in total. The second kappa shape index (κ2) is 7.61. The molecule has 1 N–H and O–H groups in total. The van der Waals surface area contributed by atoms with E-state index in [0.29, 0.717) is 17.5 Å². The van der Waals surface area contributed by atoms with Crippen molar-refractivity contribution in [2.75, 3.05) is 0 Å². The third kappa shape index (κ3) is 4.44. The number of carbonyl (C=O) groups is 1. The van der Waals surface area contributed by atoms with E-state index in [2.05, 4.69) is 15.5 Å². The number of nitrogens with one attached hydrogen (secondary N) is 1. The van der Waals surface area contributed by atoms with Crippen LogP contribution in [-0.2, 0) is 11.3 Å². The molecule has 0 bridgehead atoms. The molecule has 1 heterocycles. The molecule has 0 spiro atoms. The molecule has 0 aliphatic carbocycles. The molecule has 25 heavy (non-hydrogen) atoms. The van der Waals surface area contributed by atoms with Gasteiger partial charge in [0.25, 0.3) is 5.91 Å². The van der Waals surface area contributed by atoms with Gasteiger partial charge in [-0.1, -0.05) is 47.6 Å². The highest BCUT2D eigenvalue weighted by molar-refractivity contribution is 5.80. The number of amides is 1. The molecule has 1 atom stereocenters. The lowest BCUT2D eigenvalue weighted by atomic mass is 10.1. The molecule has 3 aromatic rings. The summed E-state index contributed by atoms with van der Waals surface area (Å²) in [5.41, 5.74) is 2.23. The fourth-order valence-corrected chi connectivity index (χ4v) is 2.34. The first-order valence-electron chi connectivity index (χ1n) is 8.01. The Morgan fingerprint density at radius 3 is 2.44 bits per heavy atom. The number of benzene rings is 2. The van der Waals surface area contributed by atoms with Crippen LogP contribution < -0.4 is 10.1 Å². The molecule has 0 saturated carbocycles. The fraction of sp³-hybridized carbons (Fsp3) is 0.211. The number of hydrogen-bond donors (Lipinski definition) is 1. The first kappa shape index (κ1) is 16.7. The number of carbonyl (C=O) groups excluding carboxylic acids is 1. The van der Waals surface area contributed by atoms with Gasteiger partial charge in [0.05, 0.1) is 6.54 Å². The summed E-state index contributed by atoms with van der Waals surface area (Å²) in [4.78, 5) is 16.1. The summed E-state index contributed by atoms with van der Waals surface area (Å²) in [6.45, 7) is 3.60. The summed E-state index contributed by atoms with van der Waals surface area (Å²) in [5.74, 6) is 1.30. The number of aryl methyl sites for hydroxylation is 1. The van der Waals surface area contributed by atoms with Gasteiger partial charge >= 0.3 is 0 Å². The van der Waals surface area contributed by atoms with E-state index in [9.17, 15) is 4.79 Å². The molecule has 3 rings (SSSR count). The van der Waals surface area contributed by atoms with Crippen molar-refractivity contribution in [3.63, 3.8) is 0 Å². The minimum absolute atomic E-state index is 0.205. The Labute approximate surface area is 145 Å². The van der Waals surface area contributed by atoms with Crippen LogP contribution in [0.2, 0.25) is 0 Å². The first-order chi connectivity index (χ1) is 12.1. The molecule has 0 aliphatic heterocycles. The van der Waals surface area contributed by atoms with E-state index in [1.807, 2.05) is 54.6 Å². The van der Waals surface area contributed by atoms with E-state index in [1.54, 1.807) is 13.8 Å². The second-order valence-electron chi connectivity index (χ2n) is 5.60. The van der Waals surface area contributed by atoms with Crippen LogP contribution in [0.1, 0.15) is 18.6 Å². The predicted molar refractivity (Wildman–Crippen MR) is 92.8 cm³/mol. The van der Waals surface area contributed by atoms with E-state index in [-0.39, 0.29) is 12.5 Å². The standard InChI is InChI=1S/C19H19N3O3/c1-13(19(23)20-12-18-21-14(2)25-22-18)24-17-10-8-16(9-11-17)15-6-4-3-5-7-15/h3-11,13H,12H2,1-2H3,(H,20,23). The minimum Gasteiger partial charge on any atom is -0.481 e. The van der Waals surface area contributed by atoms with Crippen LogP contribution in [0.3, 0.4) is 0 Å². The highest BCUT2D eigenvalue weighted by Gasteiger charge is 2.15. The van der Waals surface area contributed by atoms with Crippen molar-refractivity contribution in [2.24, 2.45) is 0 Å². The first-order valence-corrected chi connectivity index (χ1v) is 8.01. The minimum atomic E-state index is -0.629. The van der Waals surface area contributed by atoms with E-state index in [4.69, 9.17) is 9.26 Å². The summed E-state index contributed by atoms with van der Waals surface area (Å²) in [7, 11) is 0. The van der Waals surface area contributed by atoms with Crippen molar-refractivity contribution in [1.82, 2.24) is 15.5 Å². The van der Waals surface area contributed by atoms with E-state index < -0.39 is 6.10 Å². The van der Waals surface area contributed by atoms with Crippen LogP contribution in [0, 0.1) is 6.92 Å². The van der Waals surface area contributed by atoms with Gasteiger partial charge in [0.2, 0.25) is 5.89 Å². The number of rotatable bonds is 6. The lowest BCUT2D eigenvalue weighted by Gasteiger charge is -2.14. The van der Waals surface area contributed by atoms with E-state index >= 15 is 0 Å². The molecule has 0 aliphatic rings. The number of nitrogens with zero attached hydrogens (tertiary/aromatic N) is 2. The van der Waals surface area contributed by atoms with Gasteiger partial charge in [-0.05, 0) is 30.2 Å². The van der Waals surface area contributed by atoms with Crippen molar-refractivity contribution in [3.8, 4) is 16.9 Å². The van der Waals surface area contributed by atoms with Crippen molar-refractivity contribution >= 4 is 5.91 Å². The van der Waals surface area contributed by atoms with Crippen LogP contribution in [0.25, 0.3) is 11.1 Å². The zero-order chi connectivity index (χ0) is 17.6. The SMILES string of the molecule is Cc1nc(CNC(=O)C(C)Oc2ccc(-c3ccccc3)cc2)no1. The van der Waals surface area contributed by atoms with Crippen LogP contribution in [0.5, 0.6) is 5.75 Å². The molecule has 0 radical (unpaired) electrons. The normalized spacial score (nSPS) is 11.8. The maximum atomic E-state index is 12.1. The maximum absolute atomic E-state index is 12.1. The molecular weight excluding hydrogens is 318 g/mol. The average molecular weight is 337 g/mol. The molecule has 1 aromatic heterocycles. The van der Waals surface area contributed by atoms with Crippen LogP contribution >= 0.6 is 0 Å². The summed E-state index contributed by atoms with van der Waals surface area (Å²) in [5, 5.41) is 6.45. The van der Waals surface area contributed by atoms with Gasteiger partial charge < -0.3 is 14.6 Å². The van der Waals surface area contributed by atoms with Crippen molar-refractivity contribution in [2.45, 2.75) is 26.5 Å². The summed E-state index contributed by atoms with van der Waals surface area (Å²) < 4.78 is 10.5. The quantitative estimate of drug-likeness (QED) is 0.748. The van der Waals surface area contributed by atoms with Gasteiger partial charge in [-0.25, -0.2) is 0 Å². The molecule has 1 amide bonds. The Balaban J connectivity index is 1.55. The zero-order valence-electron chi connectivity index (χ0n) is 14.1. The molecule has 1 unspecified atom stereocenters. The molecule has 6 heteroatoms. The lowest BCUT2D eigenvalue weighted by molar-refractivity contribution is -0.127. The van der Waals surface area contributed by atoms with E-state index in [0.717, 1.165) is 11.1 Å². The predicted octanol–water partition coefficient (Wildman–Crippen LogP) is 3.13. The van der Waals surface area contributed by atoms with Crippen LogP contribution in [-0.4, -0.2) is 22.2 Å². The zero-order valence-corrected chi connectivity index (χ0v) is 14.1. The Kier molecular flexibility index (Phi) is 5.09. The smallest absolute Gasteiger partial charge is 0.261 e. The Hall–Kier alpha value is -3.15. The summed E-state index contributed by atoms with van der Waals surface area (Å²) >= 11 is 0. The Bertz CT molecular complexity index is 829. The second-order valence-corrected chi connectivity index (χ2v) is 5.60. The maximum Gasteiger partial charge on any atom is 0.261 e. The van der Waals surface area contributed by atoms with Crippen LogP contribution in [0.4, 0.5) is 0 Å². The van der Waals surface area contributed by atoms with Crippen LogP contribution in [0.15, 0.2) is 59.1 Å². The van der Waals surface area contributed by atoms with Crippen molar-refractivity contribution in [1.29, 1.82) is 0 Å². The van der Waals surface area contributed by atoms with Gasteiger partial charge in [-0.2, -0.15) is 4.98 Å². The third-order valence-electron chi connectivity index (χ3n) is 3.63. The molecule has 128 valence electrons.